The Morgan fingerprint density at radius 3 is 2.76 bits per heavy atom. The van der Waals surface area contributed by atoms with E-state index in [-0.39, 0.29) is 18.0 Å². The van der Waals surface area contributed by atoms with Crippen LogP contribution in [0.2, 0.25) is 0 Å². The summed E-state index contributed by atoms with van der Waals surface area (Å²) in [5.74, 6) is -0.0154. The Morgan fingerprint density at radius 1 is 1.35 bits per heavy atom. The number of benzene rings is 1. The van der Waals surface area contributed by atoms with Crippen LogP contribution in [0.25, 0.3) is 0 Å². The summed E-state index contributed by atoms with van der Waals surface area (Å²) in [4.78, 5) is 22.4. The smallest absolute Gasteiger partial charge is 0.315 e. The summed E-state index contributed by atoms with van der Waals surface area (Å²) in [6.07, 6.45) is 0.360. The van der Waals surface area contributed by atoms with Crippen molar-refractivity contribution in [1.29, 1.82) is 0 Å². The van der Waals surface area contributed by atoms with Crippen LogP contribution in [0.1, 0.15) is 12.0 Å². The van der Waals surface area contributed by atoms with E-state index in [1.807, 2.05) is 30.3 Å². The molecule has 0 aromatic heterocycles. The maximum absolute atomic E-state index is 11.5. The Morgan fingerprint density at radius 2 is 2.12 bits per heavy atom. The second-order valence-electron chi connectivity index (χ2n) is 4.02. The van der Waals surface area contributed by atoms with E-state index >= 15 is 0 Å². The fourth-order valence-electron chi connectivity index (χ4n) is 1.72. The van der Waals surface area contributed by atoms with Gasteiger partial charge in [-0.3, -0.25) is 4.79 Å². The first-order chi connectivity index (χ1) is 8.24. The summed E-state index contributed by atoms with van der Waals surface area (Å²) in [7, 11) is 0. The molecule has 0 radical (unpaired) electrons. The molecule has 2 rings (SSSR count). The van der Waals surface area contributed by atoms with Crippen LogP contribution in [0.4, 0.5) is 4.79 Å². The maximum atomic E-state index is 11.5. The molecular weight excluding hydrogens is 218 g/mol. The lowest BCUT2D eigenvalue weighted by Gasteiger charge is -2.11. The van der Waals surface area contributed by atoms with Crippen LogP contribution in [0.5, 0.6) is 0 Å². The molecule has 5 nitrogen and oxygen atoms in total. The molecule has 0 aliphatic carbocycles. The van der Waals surface area contributed by atoms with E-state index in [0.29, 0.717) is 19.5 Å². The van der Waals surface area contributed by atoms with Crippen LogP contribution in [-0.4, -0.2) is 24.5 Å². The zero-order valence-corrected chi connectivity index (χ0v) is 9.40. The number of hydrogen-bond acceptors (Lipinski definition) is 2. The predicted molar refractivity (Wildman–Crippen MR) is 63.2 cm³/mol. The third kappa shape index (κ3) is 3.48. The van der Waals surface area contributed by atoms with Gasteiger partial charge in [0, 0.05) is 19.5 Å². The van der Waals surface area contributed by atoms with Crippen LogP contribution in [-0.2, 0) is 11.3 Å². The zero-order chi connectivity index (χ0) is 12.1. The molecule has 90 valence electrons. The van der Waals surface area contributed by atoms with E-state index in [4.69, 9.17) is 0 Å². The average molecular weight is 233 g/mol. The summed E-state index contributed by atoms with van der Waals surface area (Å²) < 4.78 is 0. The van der Waals surface area contributed by atoms with E-state index in [1.54, 1.807) is 0 Å². The van der Waals surface area contributed by atoms with Gasteiger partial charge in [0.25, 0.3) is 0 Å². The van der Waals surface area contributed by atoms with Crippen molar-refractivity contribution in [1.82, 2.24) is 16.0 Å². The normalized spacial score (nSPS) is 18.6. The maximum Gasteiger partial charge on any atom is 0.315 e. The minimum absolute atomic E-state index is 0.0154. The van der Waals surface area contributed by atoms with Gasteiger partial charge in [-0.2, -0.15) is 0 Å². The van der Waals surface area contributed by atoms with Crippen molar-refractivity contribution in [3.63, 3.8) is 0 Å². The van der Waals surface area contributed by atoms with Gasteiger partial charge < -0.3 is 16.0 Å². The molecule has 17 heavy (non-hydrogen) atoms. The molecule has 3 amide bonds. The van der Waals surface area contributed by atoms with Crippen LogP contribution in [0.3, 0.4) is 0 Å². The molecule has 1 aromatic rings. The van der Waals surface area contributed by atoms with Crippen molar-refractivity contribution < 1.29 is 9.59 Å². The summed E-state index contributed by atoms with van der Waals surface area (Å²) in [6, 6.07) is 9.33. The third-order valence-electron chi connectivity index (χ3n) is 2.61. The predicted octanol–water partition coefficient (Wildman–Crippen LogP) is 0.374. The van der Waals surface area contributed by atoms with Crippen LogP contribution in [0, 0.1) is 0 Å². The second-order valence-corrected chi connectivity index (χ2v) is 4.02. The van der Waals surface area contributed by atoms with Gasteiger partial charge in [0.05, 0.1) is 6.04 Å². The molecule has 0 saturated carbocycles. The molecule has 5 heteroatoms. The van der Waals surface area contributed by atoms with Gasteiger partial charge in [0.2, 0.25) is 5.91 Å². The summed E-state index contributed by atoms with van der Waals surface area (Å²) in [5, 5.41) is 8.16. The molecule has 1 saturated heterocycles. The Kier molecular flexibility index (Phi) is 3.59. The van der Waals surface area contributed by atoms with Gasteiger partial charge in [-0.25, -0.2) is 4.79 Å². The fourth-order valence-corrected chi connectivity index (χ4v) is 1.72. The quantitative estimate of drug-likeness (QED) is 0.706. The van der Waals surface area contributed by atoms with E-state index in [9.17, 15) is 9.59 Å². The van der Waals surface area contributed by atoms with Gasteiger partial charge in [0.1, 0.15) is 0 Å². The first-order valence-corrected chi connectivity index (χ1v) is 5.59. The third-order valence-corrected chi connectivity index (χ3v) is 2.61. The topological polar surface area (TPSA) is 70.2 Å². The van der Waals surface area contributed by atoms with Crippen molar-refractivity contribution in [2.45, 2.75) is 19.0 Å². The minimum Gasteiger partial charge on any atom is -0.354 e. The summed E-state index contributed by atoms with van der Waals surface area (Å²) >= 11 is 0. The Labute approximate surface area is 99.6 Å². The molecule has 1 fully saturated rings. The number of amides is 3. The molecule has 0 bridgehead atoms. The molecule has 1 aliphatic heterocycles. The van der Waals surface area contributed by atoms with Crippen molar-refractivity contribution >= 4 is 11.9 Å². The molecule has 1 aliphatic rings. The number of urea groups is 1. The van der Waals surface area contributed by atoms with Crippen LogP contribution >= 0.6 is 0 Å². The fraction of sp³-hybridized carbons (Fsp3) is 0.333. The van der Waals surface area contributed by atoms with Crippen LogP contribution in [0.15, 0.2) is 30.3 Å². The van der Waals surface area contributed by atoms with Gasteiger partial charge in [0.15, 0.2) is 0 Å². The molecule has 1 aromatic carbocycles. The number of nitrogens with one attached hydrogen (secondary N) is 3. The van der Waals surface area contributed by atoms with Crippen molar-refractivity contribution in [3.8, 4) is 0 Å². The number of hydrogen-bond donors (Lipinski definition) is 3. The van der Waals surface area contributed by atoms with Gasteiger partial charge in [-0.15, -0.1) is 0 Å². The standard InChI is InChI=1S/C12H15N3O2/c16-11-6-10(8-13-11)15-12(17)14-7-9-4-2-1-3-5-9/h1-5,10H,6-8H2,(H,13,16)(H2,14,15,17). The molecule has 0 spiro atoms. The molecule has 3 N–H and O–H groups in total. The molecule has 1 unspecified atom stereocenters. The second kappa shape index (κ2) is 5.34. The monoisotopic (exact) mass is 233 g/mol. The first kappa shape index (κ1) is 11.4. The highest BCUT2D eigenvalue weighted by Gasteiger charge is 2.22. The Balaban J connectivity index is 1.73. The zero-order valence-electron chi connectivity index (χ0n) is 9.40. The SMILES string of the molecule is O=C1CC(NC(=O)NCc2ccccc2)CN1. The Bertz CT molecular complexity index is 405. The number of carbonyl (C=O) groups excluding carboxylic acids is 2. The van der Waals surface area contributed by atoms with Crippen molar-refractivity contribution in [3.05, 3.63) is 35.9 Å². The summed E-state index contributed by atoms with van der Waals surface area (Å²) in [5.41, 5.74) is 1.04. The lowest BCUT2D eigenvalue weighted by atomic mass is 10.2. The van der Waals surface area contributed by atoms with Gasteiger partial charge >= 0.3 is 6.03 Å². The highest BCUT2D eigenvalue weighted by molar-refractivity contribution is 5.81. The van der Waals surface area contributed by atoms with E-state index in [2.05, 4.69) is 16.0 Å². The molecule has 1 atom stereocenters. The van der Waals surface area contributed by atoms with Crippen molar-refractivity contribution in [2.24, 2.45) is 0 Å². The Hall–Kier alpha value is -2.04. The summed E-state index contributed by atoms with van der Waals surface area (Å²) in [6.45, 7) is 0.998. The van der Waals surface area contributed by atoms with Gasteiger partial charge in [-0.1, -0.05) is 30.3 Å². The molecular formula is C12H15N3O2. The van der Waals surface area contributed by atoms with E-state index in [0.717, 1.165) is 5.56 Å². The number of carbonyl (C=O) groups is 2. The minimum atomic E-state index is -0.240. The average Bonchev–Trinajstić information content (AvgIpc) is 2.73. The number of rotatable bonds is 3. The lowest BCUT2D eigenvalue weighted by molar-refractivity contribution is -0.119. The molecule has 1 heterocycles. The van der Waals surface area contributed by atoms with Crippen LogP contribution < -0.4 is 16.0 Å². The van der Waals surface area contributed by atoms with Gasteiger partial charge in [-0.05, 0) is 5.56 Å². The van der Waals surface area contributed by atoms with E-state index < -0.39 is 0 Å². The van der Waals surface area contributed by atoms with Crippen molar-refractivity contribution in [2.75, 3.05) is 6.54 Å². The highest BCUT2D eigenvalue weighted by Crippen LogP contribution is 1.99. The van der Waals surface area contributed by atoms with E-state index in [1.165, 1.54) is 0 Å². The highest BCUT2D eigenvalue weighted by atomic mass is 16.2. The first-order valence-electron chi connectivity index (χ1n) is 5.59. The largest absolute Gasteiger partial charge is 0.354 e. The lowest BCUT2D eigenvalue weighted by Crippen LogP contribution is -2.42.